The Hall–Kier alpha value is -2.18. The van der Waals surface area contributed by atoms with E-state index < -0.39 is 0 Å². The first-order valence-corrected chi connectivity index (χ1v) is 8.98. The summed E-state index contributed by atoms with van der Waals surface area (Å²) in [5.41, 5.74) is 2.43. The highest BCUT2D eigenvalue weighted by Crippen LogP contribution is 2.32. The van der Waals surface area contributed by atoms with Crippen molar-refractivity contribution in [1.82, 2.24) is 4.98 Å². The van der Waals surface area contributed by atoms with E-state index in [-0.39, 0.29) is 5.91 Å². The summed E-state index contributed by atoms with van der Waals surface area (Å²) < 4.78 is 7.81. The summed E-state index contributed by atoms with van der Waals surface area (Å²) in [5, 5.41) is 1.59. The second-order valence-corrected chi connectivity index (χ2v) is 7.45. The SMILES string of the molecule is Cc1c(C(=O)N(C)c2nc3ccccc3s2)oc2ccc(Br)cc12. The number of carbonyl (C=O) groups excluding carboxylic acids is 1. The van der Waals surface area contributed by atoms with Crippen molar-refractivity contribution in [2.24, 2.45) is 0 Å². The van der Waals surface area contributed by atoms with Gasteiger partial charge in [0, 0.05) is 22.5 Å². The van der Waals surface area contributed by atoms with Crippen molar-refractivity contribution in [2.45, 2.75) is 6.92 Å². The maximum atomic E-state index is 12.9. The molecule has 0 saturated carbocycles. The zero-order valence-electron chi connectivity index (χ0n) is 13.0. The van der Waals surface area contributed by atoms with Crippen LogP contribution in [0.1, 0.15) is 16.1 Å². The first-order chi connectivity index (χ1) is 11.5. The van der Waals surface area contributed by atoms with E-state index in [0.29, 0.717) is 16.5 Å². The second kappa shape index (κ2) is 5.72. The molecule has 24 heavy (non-hydrogen) atoms. The first-order valence-electron chi connectivity index (χ1n) is 7.37. The number of furan rings is 1. The number of hydrogen-bond donors (Lipinski definition) is 0. The molecule has 2 heterocycles. The summed E-state index contributed by atoms with van der Waals surface area (Å²) in [6, 6.07) is 13.6. The third-order valence-corrected chi connectivity index (χ3v) is 5.57. The fraction of sp³-hybridized carbons (Fsp3) is 0.111. The number of aromatic nitrogens is 1. The topological polar surface area (TPSA) is 46.3 Å². The van der Waals surface area contributed by atoms with Crippen molar-refractivity contribution < 1.29 is 9.21 Å². The molecule has 0 aliphatic carbocycles. The number of halogens is 1. The summed E-state index contributed by atoms with van der Waals surface area (Å²) in [7, 11) is 1.72. The van der Waals surface area contributed by atoms with Crippen LogP contribution in [0.5, 0.6) is 0 Å². The van der Waals surface area contributed by atoms with Crippen LogP contribution < -0.4 is 4.90 Å². The van der Waals surface area contributed by atoms with Crippen LogP contribution in [-0.4, -0.2) is 17.9 Å². The summed E-state index contributed by atoms with van der Waals surface area (Å²) in [6.07, 6.45) is 0. The predicted molar refractivity (Wildman–Crippen MR) is 101 cm³/mol. The molecule has 0 atom stereocenters. The Morgan fingerprint density at radius 2 is 2.04 bits per heavy atom. The van der Waals surface area contributed by atoms with Gasteiger partial charge in [-0.25, -0.2) is 4.98 Å². The standard InChI is InChI=1S/C18H13BrN2O2S/c1-10-12-9-11(19)7-8-14(12)23-16(10)17(22)21(2)18-20-13-5-3-4-6-15(13)24-18/h3-9H,1-2H3. The molecule has 0 unspecified atom stereocenters. The van der Waals surface area contributed by atoms with Gasteiger partial charge in [-0.1, -0.05) is 39.4 Å². The Bertz CT molecular complexity index is 1050. The highest BCUT2D eigenvalue weighted by molar-refractivity contribution is 9.10. The van der Waals surface area contributed by atoms with Gasteiger partial charge < -0.3 is 4.42 Å². The molecule has 2 aromatic carbocycles. The molecule has 1 amide bonds. The molecule has 4 nitrogen and oxygen atoms in total. The van der Waals surface area contributed by atoms with E-state index in [0.717, 1.165) is 25.6 Å². The van der Waals surface area contributed by atoms with Crippen molar-refractivity contribution >= 4 is 59.5 Å². The predicted octanol–water partition coefficient (Wildman–Crippen LogP) is 5.39. The fourth-order valence-electron chi connectivity index (χ4n) is 2.64. The summed E-state index contributed by atoms with van der Waals surface area (Å²) in [6.45, 7) is 1.90. The van der Waals surface area contributed by atoms with Gasteiger partial charge in [-0.2, -0.15) is 0 Å². The van der Waals surface area contributed by atoms with Gasteiger partial charge in [0.25, 0.3) is 5.91 Å². The van der Waals surface area contributed by atoms with Gasteiger partial charge in [-0.3, -0.25) is 9.69 Å². The lowest BCUT2D eigenvalue weighted by Gasteiger charge is -2.12. The zero-order chi connectivity index (χ0) is 16.8. The number of aryl methyl sites for hydroxylation is 1. The lowest BCUT2D eigenvalue weighted by Crippen LogP contribution is -2.26. The normalized spacial score (nSPS) is 11.3. The minimum atomic E-state index is -0.195. The van der Waals surface area contributed by atoms with Crippen LogP contribution in [0.25, 0.3) is 21.2 Å². The van der Waals surface area contributed by atoms with Crippen LogP contribution in [-0.2, 0) is 0 Å². The number of fused-ring (bicyclic) bond motifs is 2. The zero-order valence-corrected chi connectivity index (χ0v) is 15.4. The number of thiazole rings is 1. The maximum absolute atomic E-state index is 12.9. The van der Waals surface area contributed by atoms with E-state index in [4.69, 9.17) is 4.42 Å². The van der Waals surface area contributed by atoms with Crippen LogP contribution >= 0.6 is 27.3 Å². The Kier molecular flexibility index (Phi) is 3.66. The van der Waals surface area contributed by atoms with Gasteiger partial charge in [-0.15, -0.1) is 0 Å². The highest BCUT2D eigenvalue weighted by Gasteiger charge is 2.24. The van der Waals surface area contributed by atoms with Crippen LogP contribution in [0.4, 0.5) is 5.13 Å². The van der Waals surface area contributed by atoms with Gasteiger partial charge in [-0.05, 0) is 37.3 Å². The van der Waals surface area contributed by atoms with Gasteiger partial charge in [0.05, 0.1) is 10.2 Å². The maximum Gasteiger partial charge on any atom is 0.295 e. The summed E-state index contributed by atoms with van der Waals surface area (Å²) in [4.78, 5) is 19.0. The molecule has 0 radical (unpaired) electrons. The molecule has 0 aliphatic heterocycles. The molecule has 4 aromatic rings. The highest BCUT2D eigenvalue weighted by atomic mass is 79.9. The number of anilines is 1. The summed E-state index contributed by atoms with van der Waals surface area (Å²) in [5.74, 6) is 0.156. The molecule has 6 heteroatoms. The third-order valence-electron chi connectivity index (χ3n) is 3.97. The van der Waals surface area contributed by atoms with Gasteiger partial charge >= 0.3 is 0 Å². The number of para-hydroxylation sites is 1. The number of hydrogen-bond acceptors (Lipinski definition) is 4. The molecule has 0 saturated heterocycles. The smallest absolute Gasteiger partial charge is 0.295 e. The van der Waals surface area contributed by atoms with Crippen LogP contribution in [0.3, 0.4) is 0 Å². The van der Waals surface area contributed by atoms with E-state index in [1.54, 1.807) is 11.9 Å². The third kappa shape index (κ3) is 2.42. The average Bonchev–Trinajstić information content (AvgIpc) is 3.15. The van der Waals surface area contributed by atoms with E-state index in [2.05, 4.69) is 20.9 Å². The minimum Gasteiger partial charge on any atom is -0.451 e. The number of carbonyl (C=O) groups is 1. The molecule has 0 spiro atoms. The Morgan fingerprint density at radius 1 is 1.25 bits per heavy atom. The number of amides is 1. The van der Waals surface area contributed by atoms with Crippen molar-refractivity contribution in [3.8, 4) is 0 Å². The van der Waals surface area contributed by atoms with Crippen molar-refractivity contribution in [3.63, 3.8) is 0 Å². The van der Waals surface area contributed by atoms with Crippen molar-refractivity contribution in [2.75, 3.05) is 11.9 Å². The number of rotatable bonds is 2. The van der Waals surface area contributed by atoms with E-state index in [1.807, 2.05) is 49.4 Å². The van der Waals surface area contributed by atoms with Crippen LogP contribution in [0.15, 0.2) is 51.4 Å². The largest absolute Gasteiger partial charge is 0.451 e. The lowest BCUT2D eigenvalue weighted by molar-refractivity contribution is 0.0968. The molecule has 0 aliphatic rings. The number of benzene rings is 2. The van der Waals surface area contributed by atoms with Crippen molar-refractivity contribution in [1.29, 1.82) is 0 Å². The molecule has 0 fully saturated rings. The Morgan fingerprint density at radius 3 is 2.83 bits per heavy atom. The molecular weight excluding hydrogens is 388 g/mol. The lowest BCUT2D eigenvalue weighted by atomic mass is 10.1. The molecular formula is C18H13BrN2O2S. The number of nitrogens with zero attached hydrogens (tertiary/aromatic N) is 2. The van der Waals surface area contributed by atoms with E-state index >= 15 is 0 Å². The van der Waals surface area contributed by atoms with Crippen molar-refractivity contribution in [3.05, 3.63) is 58.3 Å². The average molecular weight is 401 g/mol. The van der Waals surface area contributed by atoms with E-state index in [1.165, 1.54) is 11.3 Å². The quantitative estimate of drug-likeness (QED) is 0.453. The van der Waals surface area contributed by atoms with Crippen LogP contribution in [0, 0.1) is 6.92 Å². The van der Waals surface area contributed by atoms with Gasteiger partial charge in [0.1, 0.15) is 5.58 Å². The molecule has 0 bridgehead atoms. The minimum absolute atomic E-state index is 0.195. The van der Waals surface area contributed by atoms with Gasteiger partial charge in [0.15, 0.2) is 10.9 Å². The van der Waals surface area contributed by atoms with Gasteiger partial charge in [0.2, 0.25) is 0 Å². The molecule has 0 N–H and O–H groups in total. The second-order valence-electron chi connectivity index (χ2n) is 5.53. The molecule has 2 aromatic heterocycles. The molecule has 120 valence electrons. The monoisotopic (exact) mass is 400 g/mol. The fourth-order valence-corrected chi connectivity index (χ4v) is 3.93. The Balaban J connectivity index is 1.76. The van der Waals surface area contributed by atoms with Crippen LogP contribution in [0.2, 0.25) is 0 Å². The summed E-state index contributed by atoms with van der Waals surface area (Å²) >= 11 is 4.94. The Labute approximate surface area is 150 Å². The molecule has 4 rings (SSSR count). The van der Waals surface area contributed by atoms with E-state index in [9.17, 15) is 4.79 Å². The first kappa shape index (κ1) is 15.4.